The number of rotatable bonds is 4. The first-order valence-corrected chi connectivity index (χ1v) is 8.80. The highest BCUT2D eigenvalue weighted by Crippen LogP contribution is 2.42. The lowest BCUT2D eigenvalue weighted by Crippen LogP contribution is -2.28. The molecule has 2 unspecified atom stereocenters. The molecule has 120 valence electrons. The maximum atomic E-state index is 12.5. The Bertz CT molecular complexity index is 548. The standard InChI is InChI=1S/C19H27NO2/c1-3-15-16-12-14(18(21)13-8-6-5-7-9-13)10-11-17(16)20(4-2)19(15)22/h10-13,15,18,21H,3-9H2,1-2H3. The van der Waals surface area contributed by atoms with Crippen molar-refractivity contribution in [3.05, 3.63) is 29.3 Å². The number of likely N-dealkylation sites (N-methyl/N-ethyl adjacent to an activating group) is 1. The van der Waals surface area contributed by atoms with Gasteiger partial charge in [-0.05, 0) is 49.3 Å². The number of aliphatic hydroxyl groups is 1. The molecule has 0 spiro atoms. The van der Waals surface area contributed by atoms with Crippen LogP contribution in [0.5, 0.6) is 0 Å². The molecule has 0 aromatic heterocycles. The van der Waals surface area contributed by atoms with E-state index >= 15 is 0 Å². The number of benzene rings is 1. The molecule has 2 atom stereocenters. The van der Waals surface area contributed by atoms with Crippen LogP contribution < -0.4 is 4.90 Å². The Morgan fingerprint density at radius 3 is 2.59 bits per heavy atom. The number of carbonyl (C=O) groups is 1. The summed E-state index contributed by atoms with van der Waals surface area (Å²) in [6.07, 6.45) is 6.44. The van der Waals surface area contributed by atoms with Gasteiger partial charge in [0.2, 0.25) is 5.91 Å². The third kappa shape index (κ3) is 2.56. The lowest BCUT2D eigenvalue weighted by Gasteiger charge is -2.27. The summed E-state index contributed by atoms with van der Waals surface area (Å²) in [5, 5.41) is 10.7. The molecule has 22 heavy (non-hydrogen) atoms. The van der Waals surface area contributed by atoms with Crippen molar-refractivity contribution < 1.29 is 9.90 Å². The average molecular weight is 301 g/mol. The van der Waals surface area contributed by atoms with Crippen LogP contribution in [0, 0.1) is 5.92 Å². The topological polar surface area (TPSA) is 40.5 Å². The number of nitrogens with zero attached hydrogens (tertiary/aromatic N) is 1. The van der Waals surface area contributed by atoms with Gasteiger partial charge >= 0.3 is 0 Å². The number of fused-ring (bicyclic) bond motifs is 1. The Morgan fingerprint density at radius 2 is 1.95 bits per heavy atom. The van der Waals surface area contributed by atoms with Gasteiger partial charge in [-0.3, -0.25) is 4.79 Å². The van der Waals surface area contributed by atoms with Crippen LogP contribution in [0.2, 0.25) is 0 Å². The molecule has 1 N–H and O–H groups in total. The number of hydrogen-bond acceptors (Lipinski definition) is 2. The second-order valence-electron chi connectivity index (χ2n) is 6.70. The van der Waals surface area contributed by atoms with Crippen LogP contribution >= 0.6 is 0 Å². The van der Waals surface area contributed by atoms with Gasteiger partial charge < -0.3 is 10.0 Å². The van der Waals surface area contributed by atoms with Gasteiger partial charge in [0.25, 0.3) is 0 Å². The minimum Gasteiger partial charge on any atom is -0.388 e. The quantitative estimate of drug-likeness (QED) is 0.907. The maximum absolute atomic E-state index is 12.5. The molecule has 1 aromatic rings. The van der Waals surface area contributed by atoms with E-state index in [1.54, 1.807) is 0 Å². The normalized spacial score (nSPS) is 23.7. The van der Waals surface area contributed by atoms with Crippen molar-refractivity contribution >= 4 is 11.6 Å². The SMILES string of the molecule is CCC1C(=O)N(CC)c2ccc(C(O)C3CCCCC3)cc21. The third-order valence-corrected chi connectivity index (χ3v) is 5.44. The summed E-state index contributed by atoms with van der Waals surface area (Å²) < 4.78 is 0. The van der Waals surface area contributed by atoms with E-state index in [1.165, 1.54) is 19.3 Å². The molecular formula is C19H27NO2. The van der Waals surface area contributed by atoms with E-state index in [2.05, 4.69) is 13.0 Å². The van der Waals surface area contributed by atoms with Gasteiger partial charge in [0.05, 0.1) is 12.0 Å². The summed E-state index contributed by atoms with van der Waals surface area (Å²) in [4.78, 5) is 14.3. The Kier molecular flexibility index (Phi) is 4.53. The van der Waals surface area contributed by atoms with Crippen LogP contribution in [0.1, 0.15) is 75.5 Å². The van der Waals surface area contributed by atoms with E-state index in [1.807, 2.05) is 24.0 Å². The number of anilines is 1. The van der Waals surface area contributed by atoms with Crippen molar-refractivity contribution in [1.29, 1.82) is 0 Å². The monoisotopic (exact) mass is 301 g/mol. The summed E-state index contributed by atoms with van der Waals surface area (Å²) in [7, 11) is 0. The fourth-order valence-corrected chi connectivity index (χ4v) is 4.16. The molecule has 1 aliphatic carbocycles. The summed E-state index contributed by atoms with van der Waals surface area (Å²) in [6, 6.07) is 6.15. The molecule has 1 fully saturated rings. The van der Waals surface area contributed by atoms with Gasteiger partial charge in [-0.2, -0.15) is 0 Å². The van der Waals surface area contributed by atoms with Gasteiger partial charge in [-0.1, -0.05) is 38.3 Å². The van der Waals surface area contributed by atoms with Gasteiger partial charge in [0.1, 0.15) is 0 Å². The number of carbonyl (C=O) groups excluding carboxylic acids is 1. The first kappa shape index (κ1) is 15.5. The Hall–Kier alpha value is -1.35. The largest absolute Gasteiger partial charge is 0.388 e. The van der Waals surface area contributed by atoms with Crippen molar-refractivity contribution in [2.75, 3.05) is 11.4 Å². The predicted octanol–water partition coefficient (Wildman–Crippen LogP) is 4.16. The third-order valence-electron chi connectivity index (χ3n) is 5.44. The zero-order chi connectivity index (χ0) is 15.7. The molecule has 0 bridgehead atoms. The minimum absolute atomic E-state index is 0.0338. The zero-order valence-electron chi connectivity index (χ0n) is 13.7. The van der Waals surface area contributed by atoms with Crippen LogP contribution in [-0.4, -0.2) is 17.6 Å². The van der Waals surface area contributed by atoms with E-state index in [4.69, 9.17) is 0 Å². The summed E-state index contributed by atoms with van der Waals surface area (Å²) in [5.74, 6) is 0.559. The second-order valence-corrected chi connectivity index (χ2v) is 6.70. The average Bonchev–Trinajstić information content (AvgIpc) is 2.84. The summed E-state index contributed by atoms with van der Waals surface area (Å²) in [5.41, 5.74) is 3.15. The number of amides is 1. The lowest BCUT2D eigenvalue weighted by molar-refractivity contribution is -0.119. The Morgan fingerprint density at radius 1 is 1.23 bits per heavy atom. The molecule has 0 radical (unpaired) electrons. The summed E-state index contributed by atoms with van der Waals surface area (Å²) in [6.45, 7) is 4.80. The fourth-order valence-electron chi connectivity index (χ4n) is 4.16. The highest BCUT2D eigenvalue weighted by Gasteiger charge is 2.36. The van der Waals surface area contributed by atoms with Crippen molar-refractivity contribution in [3.8, 4) is 0 Å². The Labute approximate surface area is 133 Å². The second kappa shape index (κ2) is 6.41. The highest BCUT2D eigenvalue weighted by molar-refractivity contribution is 6.04. The van der Waals surface area contributed by atoms with Gasteiger partial charge in [0, 0.05) is 12.2 Å². The smallest absolute Gasteiger partial charge is 0.234 e. The van der Waals surface area contributed by atoms with E-state index in [0.29, 0.717) is 12.5 Å². The first-order valence-electron chi connectivity index (χ1n) is 8.80. The van der Waals surface area contributed by atoms with Crippen molar-refractivity contribution in [3.63, 3.8) is 0 Å². The van der Waals surface area contributed by atoms with Crippen molar-refractivity contribution in [2.24, 2.45) is 5.92 Å². The maximum Gasteiger partial charge on any atom is 0.234 e. The molecule has 1 heterocycles. The molecule has 1 saturated carbocycles. The molecular weight excluding hydrogens is 274 g/mol. The molecule has 3 heteroatoms. The molecule has 3 nitrogen and oxygen atoms in total. The molecule has 3 rings (SSSR count). The first-order chi connectivity index (χ1) is 10.7. The van der Waals surface area contributed by atoms with E-state index in [-0.39, 0.29) is 17.9 Å². The van der Waals surface area contributed by atoms with Crippen LogP contribution in [0.4, 0.5) is 5.69 Å². The lowest BCUT2D eigenvalue weighted by atomic mass is 9.82. The summed E-state index contributed by atoms with van der Waals surface area (Å²) >= 11 is 0. The minimum atomic E-state index is -0.381. The van der Waals surface area contributed by atoms with Gasteiger partial charge in [0.15, 0.2) is 0 Å². The zero-order valence-corrected chi connectivity index (χ0v) is 13.7. The van der Waals surface area contributed by atoms with Crippen LogP contribution in [-0.2, 0) is 4.79 Å². The van der Waals surface area contributed by atoms with Gasteiger partial charge in [-0.25, -0.2) is 0 Å². The van der Waals surface area contributed by atoms with E-state index < -0.39 is 0 Å². The van der Waals surface area contributed by atoms with E-state index in [0.717, 1.165) is 36.1 Å². The fraction of sp³-hybridized carbons (Fsp3) is 0.632. The molecule has 1 amide bonds. The van der Waals surface area contributed by atoms with Crippen LogP contribution in [0.3, 0.4) is 0 Å². The predicted molar refractivity (Wildman–Crippen MR) is 89.0 cm³/mol. The van der Waals surface area contributed by atoms with Crippen LogP contribution in [0.25, 0.3) is 0 Å². The Balaban J connectivity index is 1.90. The molecule has 2 aliphatic rings. The highest BCUT2D eigenvalue weighted by atomic mass is 16.3. The van der Waals surface area contributed by atoms with Crippen LogP contribution in [0.15, 0.2) is 18.2 Å². The molecule has 1 aromatic carbocycles. The van der Waals surface area contributed by atoms with Crippen molar-refractivity contribution in [1.82, 2.24) is 0 Å². The van der Waals surface area contributed by atoms with Crippen molar-refractivity contribution in [2.45, 2.75) is 64.4 Å². The van der Waals surface area contributed by atoms with E-state index in [9.17, 15) is 9.90 Å². The number of hydrogen-bond donors (Lipinski definition) is 1. The molecule has 0 saturated heterocycles. The molecule has 1 aliphatic heterocycles. The number of aliphatic hydroxyl groups excluding tert-OH is 1. The van der Waals surface area contributed by atoms with Gasteiger partial charge in [-0.15, -0.1) is 0 Å².